The molecule has 1 aromatic rings. The van der Waals surface area contributed by atoms with Crippen molar-refractivity contribution in [1.29, 1.82) is 0 Å². The summed E-state index contributed by atoms with van der Waals surface area (Å²) in [6.07, 6.45) is 17.9. The number of pyridine rings is 1. The van der Waals surface area contributed by atoms with Gasteiger partial charge in [-0.15, -0.1) is 0 Å². The number of hydrogen-bond acceptors (Lipinski definition) is 1. The van der Waals surface area contributed by atoms with Gasteiger partial charge in [0.05, 0.1) is 0 Å². The molecule has 1 saturated carbocycles. The minimum absolute atomic E-state index is 0.794. The molecule has 1 nitrogen and oxygen atoms in total. The fourth-order valence-electron chi connectivity index (χ4n) is 4.79. The highest BCUT2D eigenvalue weighted by atomic mass is 14.7. The number of rotatable bonds is 1. The lowest BCUT2D eigenvalue weighted by Crippen LogP contribution is -2.20. The molecule has 0 aromatic carbocycles. The summed E-state index contributed by atoms with van der Waals surface area (Å²) in [4.78, 5) is 5.25. The molecule has 0 radical (unpaired) electrons. The monoisotopic (exact) mass is 269 g/mol. The number of aryl methyl sites for hydroxylation is 1. The van der Waals surface area contributed by atoms with Gasteiger partial charge in [-0.05, 0) is 80.9 Å². The Labute approximate surface area is 123 Å². The summed E-state index contributed by atoms with van der Waals surface area (Å²) in [6.45, 7) is 0. The van der Waals surface area contributed by atoms with Gasteiger partial charge in [0.15, 0.2) is 0 Å². The van der Waals surface area contributed by atoms with Crippen molar-refractivity contribution < 1.29 is 0 Å². The van der Waals surface area contributed by atoms with Crippen LogP contribution in [-0.4, -0.2) is 4.98 Å². The van der Waals surface area contributed by atoms with Crippen molar-refractivity contribution in [3.8, 4) is 0 Å². The summed E-state index contributed by atoms with van der Waals surface area (Å²) in [7, 11) is 0. The normalized spacial score (nSPS) is 23.2. The number of fused-ring (bicyclic) bond motifs is 3. The van der Waals surface area contributed by atoms with Crippen LogP contribution in [0.25, 0.3) is 0 Å². The topological polar surface area (TPSA) is 12.9 Å². The molecule has 0 atom stereocenters. The fourth-order valence-corrected chi connectivity index (χ4v) is 4.79. The minimum Gasteiger partial charge on any atom is -0.257 e. The molecule has 20 heavy (non-hydrogen) atoms. The van der Waals surface area contributed by atoms with Crippen LogP contribution in [0.1, 0.15) is 91.8 Å². The number of hydrogen-bond donors (Lipinski definition) is 0. The van der Waals surface area contributed by atoms with Crippen molar-refractivity contribution in [2.24, 2.45) is 0 Å². The van der Waals surface area contributed by atoms with Crippen LogP contribution < -0.4 is 0 Å². The summed E-state index contributed by atoms with van der Waals surface area (Å²) in [5, 5.41) is 0. The number of nitrogens with zero attached hydrogens (tertiary/aromatic N) is 1. The molecule has 0 saturated heterocycles. The van der Waals surface area contributed by atoms with Gasteiger partial charge in [0.2, 0.25) is 0 Å². The molecule has 0 N–H and O–H groups in total. The molecule has 0 bridgehead atoms. The maximum atomic E-state index is 5.25. The van der Waals surface area contributed by atoms with Crippen molar-refractivity contribution in [2.75, 3.05) is 0 Å². The second kappa shape index (κ2) is 5.50. The van der Waals surface area contributed by atoms with Crippen molar-refractivity contribution >= 4 is 0 Å². The van der Waals surface area contributed by atoms with E-state index in [1.54, 1.807) is 22.4 Å². The first kappa shape index (κ1) is 12.9. The quantitative estimate of drug-likeness (QED) is 0.707. The van der Waals surface area contributed by atoms with Crippen LogP contribution in [0.2, 0.25) is 0 Å². The third-order valence-electron chi connectivity index (χ3n) is 5.83. The van der Waals surface area contributed by atoms with Gasteiger partial charge in [-0.2, -0.15) is 0 Å². The molecule has 3 aliphatic rings. The van der Waals surface area contributed by atoms with Crippen LogP contribution >= 0.6 is 0 Å². The van der Waals surface area contributed by atoms with Crippen LogP contribution in [0.3, 0.4) is 0 Å². The Balaban J connectivity index is 1.80. The first-order chi connectivity index (χ1) is 9.93. The molecular weight excluding hydrogens is 242 g/mol. The van der Waals surface area contributed by atoms with Crippen molar-refractivity contribution in [1.82, 2.24) is 4.98 Å². The van der Waals surface area contributed by atoms with Gasteiger partial charge in [-0.3, -0.25) is 4.98 Å². The van der Waals surface area contributed by atoms with Crippen molar-refractivity contribution in [2.45, 2.75) is 89.4 Å². The van der Waals surface area contributed by atoms with Crippen molar-refractivity contribution in [3.05, 3.63) is 28.1 Å². The molecule has 3 aliphatic carbocycles. The van der Waals surface area contributed by atoms with Gasteiger partial charge in [0.25, 0.3) is 0 Å². The average molecular weight is 269 g/mol. The highest BCUT2D eigenvalue weighted by Gasteiger charge is 2.27. The Morgan fingerprint density at radius 3 is 2.05 bits per heavy atom. The Hall–Kier alpha value is -0.850. The molecule has 1 heterocycles. The minimum atomic E-state index is 0.794. The van der Waals surface area contributed by atoms with E-state index in [2.05, 4.69) is 0 Å². The van der Waals surface area contributed by atoms with Crippen LogP contribution in [-0.2, 0) is 25.7 Å². The van der Waals surface area contributed by atoms with Gasteiger partial charge in [0, 0.05) is 17.3 Å². The summed E-state index contributed by atoms with van der Waals surface area (Å²) >= 11 is 0. The standard InChI is InChI=1S/C19H27N/c1-2-8-14(9-3-1)19-17-12-5-4-10-15(17)16-11-6-7-13-18(16)20-19/h14H,1-13H2. The summed E-state index contributed by atoms with van der Waals surface area (Å²) in [5.74, 6) is 0.794. The van der Waals surface area contributed by atoms with E-state index in [0.29, 0.717) is 0 Å². The SMILES string of the molecule is C1CCC(c2nc3c(c4c2CCCC4)CCCC3)CC1. The van der Waals surface area contributed by atoms with Gasteiger partial charge < -0.3 is 0 Å². The molecule has 0 spiro atoms. The third-order valence-corrected chi connectivity index (χ3v) is 5.83. The second-order valence-electron chi connectivity index (χ2n) is 7.13. The molecular formula is C19H27N. The predicted octanol–water partition coefficient (Wildman–Crippen LogP) is 4.89. The zero-order chi connectivity index (χ0) is 13.4. The van der Waals surface area contributed by atoms with E-state index >= 15 is 0 Å². The van der Waals surface area contributed by atoms with Crippen LogP contribution in [0.15, 0.2) is 0 Å². The van der Waals surface area contributed by atoms with E-state index in [9.17, 15) is 0 Å². The lowest BCUT2D eigenvalue weighted by atomic mass is 9.77. The van der Waals surface area contributed by atoms with E-state index in [1.807, 2.05) is 0 Å². The largest absolute Gasteiger partial charge is 0.257 e. The van der Waals surface area contributed by atoms with Gasteiger partial charge in [-0.1, -0.05) is 19.3 Å². The maximum Gasteiger partial charge on any atom is 0.0472 e. The van der Waals surface area contributed by atoms with Gasteiger partial charge in [-0.25, -0.2) is 0 Å². The Kier molecular flexibility index (Phi) is 3.54. The zero-order valence-corrected chi connectivity index (χ0v) is 12.7. The van der Waals surface area contributed by atoms with E-state index < -0.39 is 0 Å². The first-order valence-electron chi connectivity index (χ1n) is 8.97. The molecule has 1 fully saturated rings. The summed E-state index contributed by atoms with van der Waals surface area (Å²) in [5.41, 5.74) is 8.22. The first-order valence-corrected chi connectivity index (χ1v) is 8.97. The average Bonchev–Trinajstić information content (AvgIpc) is 2.55. The highest BCUT2D eigenvalue weighted by molar-refractivity contribution is 5.44. The van der Waals surface area contributed by atoms with Gasteiger partial charge >= 0.3 is 0 Å². The van der Waals surface area contributed by atoms with Crippen LogP contribution in [0.4, 0.5) is 0 Å². The molecule has 0 aliphatic heterocycles. The summed E-state index contributed by atoms with van der Waals surface area (Å²) in [6, 6.07) is 0. The molecule has 0 amide bonds. The van der Waals surface area contributed by atoms with E-state index in [1.165, 1.54) is 89.2 Å². The molecule has 1 heteroatoms. The zero-order valence-electron chi connectivity index (χ0n) is 12.7. The van der Waals surface area contributed by atoms with Gasteiger partial charge in [0.1, 0.15) is 0 Å². The highest BCUT2D eigenvalue weighted by Crippen LogP contribution is 2.39. The summed E-state index contributed by atoms with van der Waals surface area (Å²) < 4.78 is 0. The second-order valence-corrected chi connectivity index (χ2v) is 7.13. The smallest absolute Gasteiger partial charge is 0.0472 e. The third kappa shape index (κ3) is 2.19. The Morgan fingerprint density at radius 2 is 1.25 bits per heavy atom. The van der Waals surface area contributed by atoms with Crippen LogP contribution in [0.5, 0.6) is 0 Å². The number of aromatic nitrogens is 1. The van der Waals surface area contributed by atoms with Crippen LogP contribution in [0, 0.1) is 0 Å². The fraction of sp³-hybridized carbons (Fsp3) is 0.737. The van der Waals surface area contributed by atoms with E-state index in [0.717, 1.165) is 5.92 Å². The van der Waals surface area contributed by atoms with Crippen molar-refractivity contribution in [3.63, 3.8) is 0 Å². The molecule has 1 aromatic heterocycles. The Morgan fingerprint density at radius 1 is 0.600 bits per heavy atom. The molecule has 108 valence electrons. The molecule has 4 rings (SSSR count). The Bertz CT molecular complexity index is 497. The maximum absolute atomic E-state index is 5.25. The lowest BCUT2D eigenvalue weighted by Gasteiger charge is -2.31. The van der Waals surface area contributed by atoms with E-state index in [-0.39, 0.29) is 0 Å². The molecule has 0 unspecified atom stereocenters. The van der Waals surface area contributed by atoms with E-state index in [4.69, 9.17) is 4.98 Å². The predicted molar refractivity (Wildman–Crippen MR) is 83.3 cm³/mol. The lowest BCUT2D eigenvalue weighted by molar-refractivity contribution is 0.430.